The van der Waals surface area contributed by atoms with Gasteiger partial charge in [0, 0.05) is 37.8 Å². The summed E-state index contributed by atoms with van der Waals surface area (Å²) in [6, 6.07) is 7.24. The average molecular weight is 537 g/mol. The van der Waals surface area contributed by atoms with Crippen LogP contribution in [0.25, 0.3) is 10.9 Å². The van der Waals surface area contributed by atoms with Crippen LogP contribution in [0.5, 0.6) is 0 Å². The van der Waals surface area contributed by atoms with Crippen LogP contribution in [0.1, 0.15) is 37.9 Å². The van der Waals surface area contributed by atoms with Crippen molar-refractivity contribution >= 4 is 51.6 Å². The van der Waals surface area contributed by atoms with Crippen LogP contribution in [0.3, 0.4) is 0 Å². The molecule has 0 fully saturated rings. The predicted molar refractivity (Wildman–Crippen MR) is 126 cm³/mol. The van der Waals surface area contributed by atoms with E-state index in [1.54, 1.807) is 0 Å². The first kappa shape index (κ1) is 24.1. The number of fused-ring (bicyclic) bond motifs is 3. The summed E-state index contributed by atoms with van der Waals surface area (Å²) < 4.78 is 55.2. The lowest BCUT2D eigenvalue weighted by Crippen LogP contribution is -2.21. The number of amides is 2. The maximum atomic E-state index is 14.1. The van der Waals surface area contributed by atoms with E-state index in [4.69, 9.17) is 23.2 Å². The number of rotatable bonds is 5. The fourth-order valence-corrected chi connectivity index (χ4v) is 4.73. The van der Waals surface area contributed by atoms with Crippen molar-refractivity contribution in [1.82, 2.24) is 15.1 Å². The standard InChI is InChI=1S/C24H14Cl2F4N4O2/c25-11-3-10(4-13(28)5-11)23(35)32-17-7-18-15(8-31-34(18)9-19(29)30)20-21(17)22(33-24(20)36)14-6-12(27)1-2-16(14)26/h1-8,19,22H,9H2,(H,32,35)(H,33,36). The van der Waals surface area contributed by atoms with E-state index >= 15 is 0 Å². The zero-order valence-corrected chi connectivity index (χ0v) is 19.5. The quantitative estimate of drug-likeness (QED) is 0.308. The number of carbonyl (C=O) groups is 2. The molecule has 4 aromatic rings. The van der Waals surface area contributed by atoms with Gasteiger partial charge in [0.1, 0.15) is 18.2 Å². The molecule has 2 amide bonds. The van der Waals surface area contributed by atoms with Gasteiger partial charge in [0.25, 0.3) is 18.2 Å². The molecular weight excluding hydrogens is 523 g/mol. The largest absolute Gasteiger partial charge is 0.341 e. The van der Waals surface area contributed by atoms with Crippen molar-refractivity contribution < 1.29 is 27.2 Å². The Bertz CT molecular complexity index is 1540. The van der Waals surface area contributed by atoms with Gasteiger partial charge in [-0.1, -0.05) is 23.2 Å². The molecule has 184 valence electrons. The molecule has 12 heteroatoms. The fourth-order valence-electron chi connectivity index (χ4n) is 4.28. The number of hydrogen-bond acceptors (Lipinski definition) is 3. The molecule has 2 N–H and O–H groups in total. The zero-order chi connectivity index (χ0) is 25.7. The number of benzene rings is 3. The SMILES string of the molecule is O=C(Nc1cc2c(cnn2CC(F)F)c2c1C(c1cc(F)ccc1Cl)NC2=O)c1cc(F)cc(Cl)c1. The van der Waals surface area contributed by atoms with E-state index in [0.29, 0.717) is 0 Å². The van der Waals surface area contributed by atoms with Gasteiger partial charge in [-0.2, -0.15) is 5.10 Å². The Morgan fingerprint density at radius 2 is 1.89 bits per heavy atom. The number of anilines is 1. The average Bonchev–Trinajstić information content (AvgIpc) is 3.35. The Hall–Kier alpha value is -3.63. The minimum Gasteiger partial charge on any atom is -0.341 e. The first-order valence-corrected chi connectivity index (χ1v) is 11.2. The van der Waals surface area contributed by atoms with E-state index < -0.39 is 42.5 Å². The number of carbonyl (C=O) groups excluding carboxylic acids is 2. The van der Waals surface area contributed by atoms with Gasteiger partial charge in [0.2, 0.25) is 0 Å². The lowest BCUT2D eigenvalue weighted by Gasteiger charge is -2.18. The molecular formula is C24H14Cl2F4N4O2. The maximum Gasteiger partial charge on any atom is 0.257 e. The summed E-state index contributed by atoms with van der Waals surface area (Å²) in [7, 11) is 0. The van der Waals surface area contributed by atoms with E-state index in [9.17, 15) is 27.2 Å². The third-order valence-corrected chi connectivity index (χ3v) is 6.30. The molecule has 0 saturated carbocycles. The molecule has 0 radical (unpaired) electrons. The molecule has 0 spiro atoms. The van der Waals surface area contributed by atoms with Gasteiger partial charge in [0.15, 0.2) is 0 Å². The topological polar surface area (TPSA) is 76.0 Å². The van der Waals surface area contributed by atoms with Crippen LogP contribution in [-0.4, -0.2) is 28.0 Å². The predicted octanol–water partition coefficient (Wildman–Crippen LogP) is 5.97. The third kappa shape index (κ3) is 4.27. The third-order valence-electron chi connectivity index (χ3n) is 5.73. The molecule has 1 aromatic heterocycles. The zero-order valence-electron chi connectivity index (χ0n) is 18.0. The highest BCUT2D eigenvalue weighted by atomic mass is 35.5. The summed E-state index contributed by atoms with van der Waals surface area (Å²) in [5.41, 5.74) is 0.587. The maximum absolute atomic E-state index is 14.1. The van der Waals surface area contributed by atoms with Crippen molar-refractivity contribution in [3.8, 4) is 0 Å². The van der Waals surface area contributed by atoms with Crippen molar-refractivity contribution in [2.75, 3.05) is 5.32 Å². The molecule has 3 aromatic carbocycles. The number of nitrogens with zero attached hydrogens (tertiary/aromatic N) is 2. The number of aromatic nitrogens is 2. The fraction of sp³-hybridized carbons (Fsp3) is 0.125. The smallest absolute Gasteiger partial charge is 0.257 e. The normalized spacial score (nSPS) is 14.9. The van der Waals surface area contributed by atoms with Crippen molar-refractivity contribution in [2.45, 2.75) is 19.0 Å². The minimum absolute atomic E-state index is 0.0166. The Kier molecular flexibility index (Phi) is 6.09. The van der Waals surface area contributed by atoms with Gasteiger partial charge in [-0.25, -0.2) is 17.6 Å². The molecule has 1 unspecified atom stereocenters. The van der Waals surface area contributed by atoms with Crippen LogP contribution in [0, 0.1) is 11.6 Å². The summed E-state index contributed by atoms with van der Waals surface area (Å²) in [6.45, 7) is -0.754. The molecule has 0 saturated heterocycles. The second-order valence-corrected chi connectivity index (χ2v) is 8.89. The van der Waals surface area contributed by atoms with Crippen LogP contribution in [0.15, 0.2) is 48.7 Å². The highest BCUT2D eigenvalue weighted by Gasteiger charge is 2.37. The molecule has 1 aliphatic heterocycles. The van der Waals surface area contributed by atoms with Crippen LogP contribution >= 0.6 is 23.2 Å². The van der Waals surface area contributed by atoms with Crippen molar-refractivity contribution in [3.63, 3.8) is 0 Å². The molecule has 36 heavy (non-hydrogen) atoms. The van der Waals surface area contributed by atoms with Crippen LogP contribution in [-0.2, 0) is 6.54 Å². The van der Waals surface area contributed by atoms with Crippen LogP contribution in [0.4, 0.5) is 23.2 Å². The molecule has 6 nitrogen and oxygen atoms in total. The van der Waals surface area contributed by atoms with Crippen LogP contribution in [0.2, 0.25) is 10.0 Å². The van der Waals surface area contributed by atoms with E-state index in [0.717, 1.165) is 28.9 Å². The number of hydrogen-bond donors (Lipinski definition) is 2. The molecule has 1 aliphatic rings. The summed E-state index contributed by atoms with van der Waals surface area (Å²) in [6.07, 6.45) is -1.47. The first-order chi connectivity index (χ1) is 17.1. The highest BCUT2D eigenvalue weighted by Crippen LogP contribution is 2.43. The molecule has 5 rings (SSSR count). The summed E-state index contributed by atoms with van der Waals surface area (Å²) in [5, 5.41) is 9.68. The van der Waals surface area contributed by atoms with Crippen molar-refractivity contribution in [3.05, 3.63) is 92.6 Å². The number of alkyl halides is 2. The van der Waals surface area contributed by atoms with E-state index in [-0.39, 0.29) is 48.9 Å². The summed E-state index contributed by atoms with van der Waals surface area (Å²) in [4.78, 5) is 26.1. The lowest BCUT2D eigenvalue weighted by molar-refractivity contribution is 0.0960. The summed E-state index contributed by atoms with van der Waals surface area (Å²) in [5.74, 6) is -2.73. The Morgan fingerprint density at radius 1 is 1.11 bits per heavy atom. The van der Waals surface area contributed by atoms with Gasteiger partial charge in [0.05, 0.1) is 23.3 Å². The second-order valence-electron chi connectivity index (χ2n) is 8.05. The van der Waals surface area contributed by atoms with Gasteiger partial charge in [-0.15, -0.1) is 0 Å². The molecule has 1 atom stereocenters. The van der Waals surface area contributed by atoms with Crippen LogP contribution < -0.4 is 10.6 Å². The van der Waals surface area contributed by atoms with Gasteiger partial charge >= 0.3 is 0 Å². The lowest BCUT2D eigenvalue weighted by atomic mass is 9.94. The Balaban J connectivity index is 1.71. The Morgan fingerprint density at radius 3 is 2.61 bits per heavy atom. The highest BCUT2D eigenvalue weighted by molar-refractivity contribution is 6.32. The minimum atomic E-state index is -2.73. The van der Waals surface area contributed by atoms with E-state index in [1.807, 2.05) is 0 Å². The molecule has 0 bridgehead atoms. The van der Waals surface area contributed by atoms with Gasteiger partial charge < -0.3 is 10.6 Å². The van der Waals surface area contributed by atoms with Gasteiger partial charge in [-0.05, 0) is 42.5 Å². The van der Waals surface area contributed by atoms with E-state index in [1.165, 1.54) is 24.4 Å². The number of nitrogens with one attached hydrogen (secondary N) is 2. The van der Waals surface area contributed by atoms with Gasteiger partial charge in [-0.3, -0.25) is 14.3 Å². The van der Waals surface area contributed by atoms with Crippen molar-refractivity contribution in [1.29, 1.82) is 0 Å². The number of halogens is 6. The monoisotopic (exact) mass is 536 g/mol. The summed E-state index contributed by atoms with van der Waals surface area (Å²) >= 11 is 12.2. The van der Waals surface area contributed by atoms with E-state index in [2.05, 4.69) is 15.7 Å². The Labute approximate surface area is 210 Å². The molecule has 0 aliphatic carbocycles. The second kappa shape index (κ2) is 9.11. The molecule has 2 heterocycles. The van der Waals surface area contributed by atoms with Crippen molar-refractivity contribution in [2.24, 2.45) is 0 Å². The first-order valence-electron chi connectivity index (χ1n) is 10.5.